The Hall–Kier alpha value is -4.46. The van der Waals surface area contributed by atoms with Crippen molar-refractivity contribution in [2.45, 2.75) is 20.4 Å². The van der Waals surface area contributed by atoms with Gasteiger partial charge in [0, 0.05) is 25.4 Å². The monoisotopic (exact) mass is 453 g/mol. The average molecular weight is 453 g/mol. The van der Waals surface area contributed by atoms with Gasteiger partial charge in [0.2, 0.25) is 0 Å². The molecule has 170 valence electrons. The van der Waals surface area contributed by atoms with E-state index in [1.807, 2.05) is 0 Å². The van der Waals surface area contributed by atoms with Gasteiger partial charge in [0.15, 0.2) is 6.61 Å². The Morgan fingerprint density at radius 2 is 1.94 bits per heavy atom. The number of halogens is 1. The van der Waals surface area contributed by atoms with Gasteiger partial charge in [-0.05, 0) is 37.1 Å². The standard InChI is InChI=1S/C22H20FN5O5/c1-13-14(2)27(10-15-4-6-16(23)7-5-15)21(18(13)9-24)25-20(29)12-33-22(30)19-8-17(28(31)32)11-26(19)3/h4-8,11H,10,12H2,1-3H3,(H,25,29). The van der Waals surface area contributed by atoms with E-state index in [2.05, 4.69) is 11.4 Å². The Morgan fingerprint density at radius 1 is 1.27 bits per heavy atom. The van der Waals surface area contributed by atoms with Gasteiger partial charge in [-0.2, -0.15) is 5.26 Å². The molecule has 1 N–H and O–H groups in total. The summed E-state index contributed by atoms with van der Waals surface area (Å²) in [6.07, 6.45) is 1.16. The third kappa shape index (κ3) is 4.90. The van der Waals surface area contributed by atoms with Gasteiger partial charge in [0.25, 0.3) is 11.6 Å². The van der Waals surface area contributed by atoms with Crippen LogP contribution in [0.4, 0.5) is 15.9 Å². The van der Waals surface area contributed by atoms with E-state index in [1.165, 1.54) is 23.7 Å². The van der Waals surface area contributed by atoms with E-state index in [4.69, 9.17) is 4.74 Å². The van der Waals surface area contributed by atoms with E-state index in [1.54, 1.807) is 30.5 Å². The van der Waals surface area contributed by atoms with Gasteiger partial charge in [-0.25, -0.2) is 9.18 Å². The summed E-state index contributed by atoms with van der Waals surface area (Å²) in [7, 11) is 1.44. The lowest BCUT2D eigenvalue weighted by atomic mass is 10.2. The van der Waals surface area contributed by atoms with E-state index < -0.39 is 23.4 Å². The molecule has 0 unspecified atom stereocenters. The van der Waals surface area contributed by atoms with Crippen LogP contribution in [0.15, 0.2) is 36.5 Å². The number of amides is 1. The lowest BCUT2D eigenvalue weighted by molar-refractivity contribution is -0.384. The fourth-order valence-electron chi connectivity index (χ4n) is 3.32. The van der Waals surface area contributed by atoms with Crippen molar-refractivity contribution in [3.8, 4) is 6.07 Å². The molecular formula is C22H20FN5O5. The number of nitrogens with one attached hydrogen (secondary N) is 1. The Labute approximate surface area is 188 Å². The van der Waals surface area contributed by atoms with Crippen molar-refractivity contribution in [3.63, 3.8) is 0 Å². The minimum absolute atomic E-state index is 0.0846. The fraction of sp³-hybridized carbons (Fsp3) is 0.227. The fourth-order valence-corrected chi connectivity index (χ4v) is 3.32. The molecule has 0 aliphatic rings. The van der Waals surface area contributed by atoms with Gasteiger partial charge >= 0.3 is 5.97 Å². The van der Waals surface area contributed by atoms with Crippen molar-refractivity contribution in [2.75, 3.05) is 11.9 Å². The number of nitro groups is 1. The SMILES string of the molecule is Cc1c(C#N)c(NC(=O)COC(=O)c2cc([N+](=O)[O-])cn2C)n(Cc2ccc(F)cc2)c1C. The molecular weight excluding hydrogens is 433 g/mol. The number of aromatic nitrogens is 2. The lowest BCUT2D eigenvalue weighted by Gasteiger charge is -2.13. The van der Waals surface area contributed by atoms with Crippen LogP contribution in [-0.4, -0.2) is 32.5 Å². The maximum atomic E-state index is 13.2. The third-order valence-electron chi connectivity index (χ3n) is 5.20. The second-order valence-electron chi connectivity index (χ2n) is 7.33. The van der Waals surface area contributed by atoms with Crippen LogP contribution in [-0.2, 0) is 23.1 Å². The molecule has 0 radical (unpaired) electrons. The normalized spacial score (nSPS) is 10.5. The summed E-state index contributed by atoms with van der Waals surface area (Å²) in [6.45, 7) is 3.14. The zero-order valence-corrected chi connectivity index (χ0v) is 18.1. The molecule has 0 fully saturated rings. The Bertz CT molecular complexity index is 1280. The first-order valence-corrected chi connectivity index (χ1v) is 9.74. The Balaban J connectivity index is 1.77. The van der Waals surface area contributed by atoms with Crippen LogP contribution < -0.4 is 5.32 Å². The average Bonchev–Trinajstić information content (AvgIpc) is 3.27. The number of carbonyl (C=O) groups excluding carboxylic acids is 2. The summed E-state index contributed by atoms with van der Waals surface area (Å²) in [5.41, 5.74) is 2.05. The highest BCUT2D eigenvalue weighted by atomic mass is 19.1. The van der Waals surface area contributed by atoms with Crippen LogP contribution in [0.25, 0.3) is 0 Å². The second kappa shape index (κ2) is 9.35. The molecule has 2 heterocycles. The molecule has 2 aromatic heterocycles. The first kappa shape index (κ1) is 23.2. The number of rotatable bonds is 7. The highest BCUT2D eigenvalue weighted by molar-refractivity contribution is 5.95. The molecule has 0 aliphatic carbocycles. The predicted octanol–water partition coefficient (Wildman–Crippen LogP) is 3.21. The maximum Gasteiger partial charge on any atom is 0.355 e. The summed E-state index contributed by atoms with van der Waals surface area (Å²) < 4.78 is 21.2. The van der Waals surface area contributed by atoms with Crippen LogP contribution in [0.2, 0.25) is 0 Å². The van der Waals surface area contributed by atoms with Gasteiger partial charge in [-0.15, -0.1) is 0 Å². The minimum Gasteiger partial charge on any atom is -0.451 e. The van der Waals surface area contributed by atoms with Crippen LogP contribution in [0.5, 0.6) is 0 Å². The smallest absolute Gasteiger partial charge is 0.355 e. The predicted molar refractivity (Wildman–Crippen MR) is 115 cm³/mol. The maximum absolute atomic E-state index is 13.2. The van der Waals surface area contributed by atoms with Gasteiger partial charge in [0.1, 0.15) is 23.4 Å². The van der Waals surface area contributed by atoms with Crippen molar-refractivity contribution in [3.05, 3.63) is 80.5 Å². The van der Waals surface area contributed by atoms with Gasteiger partial charge in [0.05, 0.1) is 16.7 Å². The van der Waals surface area contributed by atoms with Crippen molar-refractivity contribution in [2.24, 2.45) is 7.05 Å². The molecule has 0 atom stereocenters. The Morgan fingerprint density at radius 3 is 2.52 bits per heavy atom. The van der Waals surface area contributed by atoms with Gasteiger partial charge in [-0.1, -0.05) is 12.1 Å². The molecule has 1 amide bonds. The molecule has 0 spiro atoms. The number of hydrogen-bond donors (Lipinski definition) is 1. The molecule has 33 heavy (non-hydrogen) atoms. The van der Waals surface area contributed by atoms with Crippen molar-refractivity contribution in [1.82, 2.24) is 9.13 Å². The highest BCUT2D eigenvalue weighted by Gasteiger charge is 2.22. The van der Waals surface area contributed by atoms with E-state index in [0.29, 0.717) is 5.56 Å². The van der Waals surface area contributed by atoms with E-state index >= 15 is 0 Å². The Kier molecular flexibility index (Phi) is 6.58. The van der Waals surface area contributed by atoms with Crippen LogP contribution in [0.3, 0.4) is 0 Å². The molecule has 1 aromatic carbocycles. The van der Waals surface area contributed by atoms with E-state index in [9.17, 15) is 29.4 Å². The number of ether oxygens (including phenoxy) is 1. The minimum atomic E-state index is -0.907. The highest BCUT2D eigenvalue weighted by Crippen LogP contribution is 2.27. The molecule has 10 nitrogen and oxygen atoms in total. The summed E-state index contributed by atoms with van der Waals surface area (Å²) in [5.74, 6) is -1.75. The molecule has 3 rings (SSSR count). The first-order chi connectivity index (χ1) is 15.6. The van der Waals surface area contributed by atoms with Crippen LogP contribution in [0, 0.1) is 41.1 Å². The van der Waals surface area contributed by atoms with Crippen molar-refractivity contribution in [1.29, 1.82) is 5.26 Å². The van der Waals surface area contributed by atoms with E-state index in [-0.39, 0.29) is 35.1 Å². The summed E-state index contributed by atoms with van der Waals surface area (Å²) >= 11 is 0. The number of anilines is 1. The molecule has 0 saturated heterocycles. The number of nitrogens with zero attached hydrogens (tertiary/aromatic N) is 4. The number of hydrogen-bond acceptors (Lipinski definition) is 6. The molecule has 0 saturated carbocycles. The molecule has 0 aliphatic heterocycles. The molecule has 3 aromatic rings. The topological polar surface area (TPSA) is 132 Å². The third-order valence-corrected chi connectivity index (χ3v) is 5.20. The zero-order chi connectivity index (χ0) is 24.3. The number of benzene rings is 1. The van der Waals surface area contributed by atoms with Crippen molar-refractivity contribution >= 4 is 23.4 Å². The molecule has 11 heteroatoms. The van der Waals surface area contributed by atoms with E-state index in [0.717, 1.165) is 23.5 Å². The largest absolute Gasteiger partial charge is 0.451 e. The zero-order valence-electron chi connectivity index (χ0n) is 18.1. The number of nitriles is 1. The van der Waals surface area contributed by atoms with Crippen molar-refractivity contribution < 1.29 is 23.6 Å². The van der Waals surface area contributed by atoms with Crippen LogP contribution >= 0.6 is 0 Å². The number of carbonyl (C=O) groups is 2. The summed E-state index contributed by atoms with van der Waals surface area (Å²) in [4.78, 5) is 35.0. The summed E-state index contributed by atoms with van der Waals surface area (Å²) in [5, 5.41) is 23.0. The summed E-state index contributed by atoms with van der Waals surface area (Å²) in [6, 6.07) is 8.95. The quantitative estimate of drug-likeness (QED) is 0.332. The van der Waals surface area contributed by atoms with Crippen LogP contribution in [0.1, 0.15) is 32.9 Å². The second-order valence-corrected chi connectivity index (χ2v) is 7.33. The van der Waals surface area contributed by atoms with Gasteiger partial charge in [-0.3, -0.25) is 14.9 Å². The number of esters is 1. The first-order valence-electron chi connectivity index (χ1n) is 9.74. The lowest BCUT2D eigenvalue weighted by Crippen LogP contribution is -2.23. The molecule has 0 bridgehead atoms. The number of aryl methyl sites for hydroxylation is 1. The van der Waals surface area contributed by atoms with Gasteiger partial charge < -0.3 is 19.2 Å².